The molecule has 0 spiro atoms. The van der Waals surface area contributed by atoms with E-state index in [4.69, 9.17) is 0 Å². The minimum Gasteiger partial charge on any atom is -0.310 e. The van der Waals surface area contributed by atoms with Crippen molar-refractivity contribution in [2.75, 3.05) is 6.54 Å². The molecule has 0 amide bonds. The van der Waals surface area contributed by atoms with Gasteiger partial charge >= 0.3 is 0 Å². The van der Waals surface area contributed by atoms with E-state index < -0.39 is 0 Å². The highest BCUT2D eigenvalue weighted by atomic mass is 32.1. The Morgan fingerprint density at radius 2 is 2.28 bits per heavy atom. The number of nitrogens with one attached hydrogen (secondary N) is 1. The summed E-state index contributed by atoms with van der Waals surface area (Å²) < 4.78 is 0. The zero-order valence-corrected chi connectivity index (χ0v) is 11.8. The zero-order chi connectivity index (χ0) is 12.8. The van der Waals surface area contributed by atoms with Crippen molar-refractivity contribution in [1.29, 1.82) is 0 Å². The minimum atomic E-state index is 0.379. The summed E-state index contributed by atoms with van der Waals surface area (Å²) in [5, 5.41) is 5.87. The number of hydrogen-bond acceptors (Lipinski definition) is 3. The quantitative estimate of drug-likeness (QED) is 0.856. The van der Waals surface area contributed by atoms with Gasteiger partial charge in [-0.05, 0) is 49.0 Å². The number of rotatable bonds is 6. The fourth-order valence-corrected chi connectivity index (χ4v) is 2.76. The van der Waals surface area contributed by atoms with E-state index in [2.05, 4.69) is 47.7 Å². The molecule has 2 aromatic heterocycles. The molecule has 0 aromatic carbocycles. The molecule has 0 bridgehead atoms. The van der Waals surface area contributed by atoms with Crippen molar-refractivity contribution in [1.82, 2.24) is 10.3 Å². The molecule has 1 N–H and O–H groups in total. The van der Waals surface area contributed by atoms with E-state index in [-0.39, 0.29) is 0 Å². The third-order valence-corrected chi connectivity index (χ3v) is 3.81. The summed E-state index contributed by atoms with van der Waals surface area (Å²) in [5.74, 6) is 0. The average Bonchev–Trinajstić information content (AvgIpc) is 2.82. The fourth-order valence-electron chi connectivity index (χ4n) is 2.00. The van der Waals surface area contributed by atoms with Crippen molar-refractivity contribution in [3.8, 4) is 0 Å². The summed E-state index contributed by atoms with van der Waals surface area (Å²) >= 11 is 1.82. The lowest BCUT2D eigenvalue weighted by molar-refractivity contribution is 0.525. The molecule has 1 unspecified atom stereocenters. The molecule has 2 rings (SSSR count). The van der Waals surface area contributed by atoms with Crippen LogP contribution in [0.25, 0.3) is 0 Å². The van der Waals surface area contributed by atoms with Crippen molar-refractivity contribution in [2.45, 2.75) is 32.7 Å². The molecule has 2 heterocycles. The van der Waals surface area contributed by atoms with Gasteiger partial charge in [-0.25, -0.2) is 0 Å². The van der Waals surface area contributed by atoms with Crippen LogP contribution in [0, 0.1) is 6.92 Å². The molecule has 1 atom stereocenters. The van der Waals surface area contributed by atoms with Crippen LogP contribution in [0.4, 0.5) is 0 Å². The molecule has 0 radical (unpaired) electrons. The summed E-state index contributed by atoms with van der Waals surface area (Å²) in [4.78, 5) is 5.79. The number of aryl methyl sites for hydroxylation is 1. The monoisotopic (exact) mass is 260 g/mol. The van der Waals surface area contributed by atoms with Crippen LogP contribution in [-0.4, -0.2) is 11.5 Å². The molecule has 96 valence electrons. The first kappa shape index (κ1) is 13.2. The van der Waals surface area contributed by atoms with Crippen molar-refractivity contribution >= 4 is 11.3 Å². The van der Waals surface area contributed by atoms with Gasteiger partial charge in [-0.3, -0.25) is 4.98 Å². The highest BCUT2D eigenvalue weighted by Gasteiger charge is 2.13. The van der Waals surface area contributed by atoms with Gasteiger partial charge in [0.1, 0.15) is 0 Å². The second-order valence-electron chi connectivity index (χ2n) is 4.52. The molecule has 3 heteroatoms. The lowest BCUT2D eigenvalue weighted by Gasteiger charge is -2.17. The Labute approximate surface area is 113 Å². The predicted octanol–water partition coefficient (Wildman–Crippen LogP) is 3.73. The van der Waals surface area contributed by atoms with E-state index in [1.807, 2.05) is 23.6 Å². The molecular formula is C15H20N2S. The van der Waals surface area contributed by atoms with Gasteiger partial charge in [-0.1, -0.05) is 13.0 Å². The van der Waals surface area contributed by atoms with Crippen molar-refractivity contribution in [3.05, 3.63) is 52.0 Å². The highest BCUT2D eigenvalue weighted by Crippen LogP contribution is 2.23. The van der Waals surface area contributed by atoms with Crippen molar-refractivity contribution < 1.29 is 0 Å². The first-order valence-corrected chi connectivity index (χ1v) is 7.36. The smallest absolute Gasteiger partial charge is 0.0422 e. The first-order valence-electron chi connectivity index (χ1n) is 6.48. The van der Waals surface area contributed by atoms with Gasteiger partial charge in [0.05, 0.1) is 0 Å². The van der Waals surface area contributed by atoms with E-state index >= 15 is 0 Å². The maximum absolute atomic E-state index is 4.42. The number of thiophene rings is 1. The molecule has 2 nitrogen and oxygen atoms in total. The van der Waals surface area contributed by atoms with Crippen molar-refractivity contribution in [2.24, 2.45) is 0 Å². The van der Waals surface area contributed by atoms with Crippen molar-refractivity contribution in [3.63, 3.8) is 0 Å². The van der Waals surface area contributed by atoms with E-state index in [0.29, 0.717) is 6.04 Å². The maximum Gasteiger partial charge on any atom is 0.0422 e. The Kier molecular flexibility index (Phi) is 4.90. The molecule has 0 aliphatic rings. The largest absolute Gasteiger partial charge is 0.310 e. The van der Waals surface area contributed by atoms with Crippen LogP contribution >= 0.6 is 11.3 Å². The van der Waals surface area contributed by atoms with Gasteiger partial charge in [0.15, 0.2) is 0 Å². The normalized spacial score (nSPS) is 12.6. The number of nitrogens with zero attached hydrogens (tertiary/aromatic N) is 1. The number of aromatic nitrogens is 1. The van der Waals surface area contributed by atoms with E-state index in [9.17, 15) is 0 Å². The lowest BCUT2D eigenvalue weighted by atomic mass is 10.0. The summed E-state index contributed by atoms with van der Waals surface area (Å²) in [6.45, 7) is 5.40. The highest BCUT2D eigenvalue weighted by molar-refractivity contribution is 7.10. The molecule has 0 aliphatic heterocycles. The number of pyridine rings is 1. The second kappa shape index (κ2) is 6.66. The van der Waals surface area contributed by atoms with Gasteiger partial charge in [0.25, 0.3) is 0 Å². The topological polar surface area (TPSA) is 24.9 Å². The first-order chi connectivity index (χ1) is 8.79. The molecule has 2 aromatic rings. The predicted molar refractivity (Wildman–Crippen MR) is 78.0 cm³/mol. The van der Waals surface area contributed by atoms with E-state index in [0.717, 1.165) is 25.1 Å². The van der Waals surface area contributed by atoms with Crippen LogP contribution in [0.2, 0.25) is 0 Å². The van der Waals surface area contributed by atoms with E-state index in [1.165, 1.54) is 10.4 Å². The maximum atomic E-state index is 4.42. The van der Waals surface area contributed by atoms with Gasteiger partial charge in [0.2, 0.25) is 0 Å². The Balaban J connectivity index is 2.10. The average molecular weight is 260 g/mol. The zero-order valence-electron chi connectivity index (χ0n) is 11.0. The summed E-state index contributed by atoms with van der Waals surface area (Å²) in [7, 11) is 0. The second-order valence-corrected chi connectivity index (χ2v) is 5.64. The van der Waals surface area contributed by atoms with E-state index in [1.54, 1.807) is 0 Å². The van der Waals surface area contributed by atoms with Gasteiger partial charge in [-0.2, -0.15) is 0 Å². The van der Waals surface area contributed by atoms with Gasteiger partial charge < -0.3 is 5.32 Å². The van der Waals surface area contributed by atoms with Gasteiger partial charge in [0, 0.05) is 29.2 Å². The molecule has 18 heavy (non-hydrogen) atoms. The summed E-state index contributed by atoms with van der Waals surface area (Å²) in [6.07, 6.45) is 3.98. The van der Waals surface area contributed by atoms with Crippen LogP contribution in [0.15, 0.2) is 35.8 Å². The van der Waals surface area contributed by atoms with Crippen LogP contribution in [0.5, 0.6) is 0 Å². The molecule has 0 saturated carbocycles. The Morgan fingerprint density at radius 3 is 2.89 bits per heavy atom. The summed E-state index contributed by atoms with van der Waals surface area (Å²) in [5.41, 5.74) is 2.53. The molecular weight excluding hydrogens is 240 g/mol. The summed E-state index contributed by atoms with van der Waals surface area (Å²) in [6, 6.07) is 8.77. The Hall–Kier alpha value is -1.19. The molecule has 0 fully saturated rings. The SMILES string of the molecule is CCCNC(Cc1ccccn1)c1csc(C)c1. The third kappa shape index (κ3) is 3.65. The molecule has 0 saturated heterocycles. The standard InChI is InChI=1S/C15H20N2S/c1-3-7-17-15(13-9-12(2)18-11-13)10-14-6-4-5-8-16-14/h4-6,8-9,11,15,17H,3,7,10H2,1-2H3. The number of hydrogen-bond donors (Lipinski definition) is 1. The van der Waals surface area contributed by atoms with Gasteiger partial charge in [-0.15, -0.1) is 11.3 Å². The van der Waals surface area contributed by atoms with Crippen LogP contribution in [0.3, 0.4) is 0 Å². The minimum absolute atomic E-state index is 0.379. The third-order valence-electron chi connectivity index (χ3n) is 2.93. The van der Waals surface area contributed by atoms with Crippen LogP contribution in [-0.2, 0) is 6.42 Å². The Bertz CT molecular complexity index is 464. The fraction of sp³-hybridized carbons (Fsp3) is 0.400. The Morgan fingerprint density at radius 1 is 1.39 bits per heavy atom. The molecule has 0 aliphatic carbocycles. The van der Waals surface area contributed by atoms with Crippen LogP contribution in [0.1, 0.15) is 35.5 Å². The van der Waals surface area contributed by atoms with Crippen LogP contribution < -0.4 is 5.32 Å². The lowest BCUT2D eigenvalue weighted by Crippen LogP contribution is -2.24.